The Morgan fingerprint density at radius 1 is 1.12 bits per heavy atom. The summed E-state index contributed by atoms with van der Waals surface area (Å²) in [4.78, 5) is 0. The third-order valence-corrected chi connectivity index (χ3v) is 4.17. The summed E-state index contributed by atoms with van der Waals surface area (Å²) in [6.45, 7) is 7.97. The Kier molecular flexibility index (Phi) is 4.66. The van der Waals surface area contributed by atoms with Gasteiger partial charge in [-0.15, -0.1) is 0 Å². The monoisotopic (exact) mass is 225 g/mol. The molecule has 1 saturated carbocycles. The quantitative estimate of drug-likeness (QED) is 0.750. The maximum absolute atomic E-state index is 5.43. The van der Waals surface area contributed by atoms with E-state index in [1.807, 2.05) is 0 Å². The molecule has 0 bridgehead atoms. The standard InChI is InChI=1S/C14H27NO/c1-11(2)13(10-15-14-3-4-14)9-12-5-7-16-8-6-12/h11-15H,3-10H2,1-2H3. The molecule has 1 aliphatic carbocycles. The van der Waals surface area contributed by atoms with Gasteiger partial charge in [0.05, 0.1) is 0 Å². The lowest BCUT2D eigenvalue weighted by Crippen LogP contribution is -2.30. The van der Waals surface area contributed by atoms with Gasteiger partial charge in [0.2, 0.25) is 0 Å². The van der Waals surface area contributed by atoms with Gasteiger partial charge in [-0.1, -0.05) is 13.8 Å². The predicted octanol–water partition coefficient (Wildman–Crippen LogP) is 2.83. The Hall–Kier alpha value is -0.0800. The minimum absolute atomic E-state index is 0.814. The largest absolute Gasteiger partial charge is 0.381 e. The number of hydrogen-bond acceptors (Lipinski definition) is 2. The van der Waals surface area contributed by atoms with Crippen molar-refractivity contribution in [1.29, 1.82) is 0 Å². The zero-order chi connectivity index (χ0) is 11.4. The zero-order valence-electron chi connectivity index (χ0n) is 10.9. The Bertz CT molecular complexity index is 195. The van der Waals surface area contributed by atoms with Crippen LogP contribution in [0.4, 0.5) is 0 Å². The highest BCUT2D eigenvalue weighted by atomic mass is 16.5. The van der Waals surface area contributed by atoms with Gasteiger partial charge in [-0.25, -0.2) is 0 Å². The van der Waals surface area contributed by atoms with Crippen LogP contribution in [0, 0.1) is 17.8 Å². The molecule has 0 aromatic carbocycles. The Morgan fingerprint density at radius 3 is 2.38 bits per heavy atom. The van der Waals surface area contributed by atoms with Crippen molar-refractivity contribution in [3.63, 3.8) is 0 Å². The van der Waals surface area contributed by atoms with Crippen LogP contribution in [0.2, 0.25) is 0 Å². The zero-order valence-corrected chi connectivity index (χ0v) is 10.9. The van der Waals surface area contributed by atoms with Crippen LogP contribution in [0.1, 0.15) is 46.0 Å². The Morgan fingerprint density at radius 2 is 1.81 bits per heavy atom. The molecule has 1 saturated heterocycles. The van der Waals surface area contributed by atoms with Crippen molar-refractivity contribution >= 4 is 0 Å². The highest BCUT2D eigenvalue weighted by molar-refractivity contribution is 4.83. The van der Waals surface area contributed by atoms with E-state index in [-0.39, 0.29) is 0 Å². The van der Waals surface area contributed by atoms with Crippen LogP contribution >= 0.6 is 0 Å². The van der Waals surface area contributed by atoms with E-state index < -0.39 is 0 Å². The average molecular weight is 225 g/mol. The molecule has 1 unspecified atom stereocenters. The first-order valence-corrected chi connectivity index (χ1v) is 7.07. The lowest BCUT2D eigenvalue weighted by atomic mass is 9.83. The lowest BCUT2D eigenvalue weighted by molar-refractivity contribution is 0.0556. The molecule has 0 spiro atoms. The molecular weight excluding hydrogens is 198 g/mol. The summed E-state index contributed by atoms with van der Waals surface area (Å²) in [5, 5.41) is 3.70. The number of ether oxygens (including phenoxy) is 1. The summed E-state index contributed by atoms with van der Waals surface area (Å²) in [7, 11) is 0. The average Bonchev–Trinajstić information content (AvgIpc) is 3.09. The van der Waals surface area contributed by atoms with Gasteiger partial charge < -0.3 is 10.1 Å². The molecule has 1 aliphatic heterocycles. The van der Waals surface area contributed by atoms with Gasteiger partial charge in [-0.3, -0.25) is 0 Å². The first-order chi connectivity index (χ1) is 7.75. The van der Waals surface area contributed by atoms with Crippen LogP contribution in [0.25, 0.3) is 0 Å². The van der Waals surface area contributed by atoms with Crippen LogP contribution in [0.5, 0.6) is 0 Å². The van der Waals surface area contributed by atoms with Crippen molar-refractivity contribution in [3.05, 3.63) is 0 Å². The molecule has 2 fully saturated rings. The second kappa shape index (κ2) is 6.02. The van der Waals surface area contributed by atoms with Crippen molar-refractivity contribution in [2.75, 3.05) is 19.8 Å². The van der Waals surface area contributed by atoms with E-state index in [9.17, 15) is 0 Å². The van der Waals surface area contributed by atoms with Gasteiger partial charge in [0.25, 0.3) is 0 Å². The topological polar surface area (TPSA) is 21.3 Å². The van der Waals surface area contributed by atoms with Gasteiger partial charge in [0.15, 0.2) is 0 Å². The van der Waals surface area contributed by atoms with E-state index in [0.717, 1.165) is 37.0 Å². The van der Waals surface area contributed by atoms with Crippen LogP contribution in [0.3, 0.4) is 0 Å². The third kappa shape index (κ3) is 4.06. The van der Waals surface area contributed by atoms with Crippen LogP contribution in [-0.2, 0) is 4.74 Å². The number of hydrogen-bond donors (Lipinski definition) is 1. The van der Waals surface area contributed by atoms with E-state index in [2.05, 4.69) is 19.2 Å². The SMILES string of the molecule is CC(C)C(CNC1CC1)CC1CCOCC1. The van der Waals surface area contributed by atoms with Crippen molar-refractivity contribution < 1.29 is 4.74 Å². The molecule has 1 N–H and O–H groups in total. The second-order valence-corrected chi connectivity index (χ2v) is 5.98. The minimum atomic E-state index is 0.814. The van der Waals surface area contributed by atoms with Crippen LogP contribution in [0.15, 0.2) is 0 Å². The van der Waals surface area contributed by atoms with Gasteiger partial charge in [0, 0.05) is 19.3 Å². The molecule has 16 heavy (non-hydrogen) atoms. The summed E-state index contributed by atoms with van der Waals surface area (Å²) in [5.41, 5.74) is 0. The van der Waals surface area contributed by atoms with E-state index in [4.69, 9.17) is 4.74 Å². The highest BCUT2D eigenvalue weighted by Crippen LogP contribution is 2.28. The third-order valence-electron chi connectivity index (χ3n) is 4.17. The van der Waals surface area contributed by atoms with Crippen LogP contribution in [-0.4, -0.2) is 25.8 Å². The summed E-state index contributed by atoms with van der Waals surface area (Å²) in [5.74, 6) is 2.60. The van der Waals surface area contributed by atoms with E-state index in [1.54, 1.807) is 0 Å². The van der Waals surface area contributed by atoms with Gasteiger partial charge in [0.1, 0.15) is 0 Å². The first-order valence-electron chi connectivity index (χ1n) is 7.07. The van der Waals surface area contributed by atoms with E-state index in [0.29, 0.717) is 0 Å². The maximum Gasteiger partial charge on any atom is 0.0468 e. The van der Waals surface area contributed by atoms with Crippen molar-refractivity contribution in [2.24, 2.45) is 17.8 Å². The van der Waals surface area contributed by atoms with Gasteiger partial charge >= 0.3 is 0 Å². The molecule has 0 aromatic rings. The summed E-state index contributed by atoms with van der Waals surface area (Å²) < 4.78 is 5.43. The fourth-order valence-corrected chi connectivity index (χ4v) is 2.61. The Balaban J connectivity index is 1.71. The second-order valence-electron chi connectivity index (χ2n) is 5.98. The minimum Gasteiger partial charge on any atom is -0.381 e. The normalized spacial score (nSPS) is 24.9. The van der Waals surface area contributed by atoms with Crippen molar-refractivity contribution in [3.8, 4) is 0 Å². The van der Waals surface area contributed by atoms with Gasteiger partial charge in [-0.2, -0.15) is 0 Å². The molecule has 1 heterocycles. The molecule has 0 radical (unpaired) electrons. The molecule has 1 atom stereocenters. The molecular formula is C14H27NO. The van der Waals surface area contributed by atoms with Crippen LogP contribution < -0.4 is 5.32 Å². The predicted molar refractivity (Wildman–Crippen MR) is 67.5 cm³/mol. The van der Waals surface area contributed by atoms with E-state index in [1.165, 1.54) is 38.6 Å². The van der Waals surface area contributed by atoms with Crippen molar-refractivity contribution in [2.45, 2.75) is 52.0 Å². The number of rotatable bonds is 6. The molecule has 2 rings (SSSR count). The lowest BCUT2D eigenvalue weighted by Gasteiger charge is -2.29. The maximum atomic E-state index is 5.43. The molecule has 0 amide bonds. The Labute approximate surface area is 100 Å². The molecule has 2 aliphatic rings. The smallest absolute Gasteiger partial charge is 0.0468 e. The summed E-state index contributed by atoms with van der Waals surface area (Å²) >= 11 is 0. The molecule has 2 nitrogen and oxygen atoms in total. The first kappa shape index (κ1) is 12.4. The van der Waals surface area contributed by atoms with Crippen molar-refractivity contribution in [1.82, 2.24) is 5.32 Å². The fraction of sp³-hybridized carbons (Fsp3) is 1.00. The molecule has 0 aromatic heterocycles. The molecule has 2 heteroatoms. The summed E-state index contributed by atoms with van der Waals surface area (Å²) in [6, 6.07) is 0.857. The highest BCUT2D eigenvalue weighted by Gasteiger charge is 2.25. The van der Waals surface area contributed by atoms with Gasteiger partial charge in [-0.05, 0) is 56.4 Å². The number of nitrogens with one attached hydrogen (secondary N) is 1. The fourth-order valence-electron chi connectivity index (χ4n) is 2.61. The van der Waals surface area contributed by atoms with E-state index >= 15 is 0 Å². The molecule has 94 valence electrons. The summed E-state index contributed by atoms with van der Waals surface area (Å²) in [6.07, 6.45) is 6.78.